The molecule has 0 unspecified atom stereocenters. The number of carbonyl (C=O) groups is 1. The Labute approximate surface area is 125 Å². The predicted octanol–water partition coefficient (Wildman–Crippen LogP) is 4.30. The lowest BCUT2D eigenvalue weighted by Crippen LogP contribution is -2.06. The van der Waals surface area contributed by atoms with Crippen LogP contribution in [0.3, 0.4) is 0 Å². The van der Waals surface area contributed by atoms with E-state index in [4.69, 9.17) is 27.9 Å². The number of hydrogen-bond donors (Lipinski definition) is 0. The highest BCUT2D eigenvalue weighted by molar-refractivity contribution is 14.1. The van der Waals surface area contributed by atoms with Crippen molar-refractivity contribution in [2.45, 2.75) is 11.8 Å². The molecule has 0 spiro atoms. The fourth-order valence-electron chi connectivity index (χ4n) is 0.994. The molecule has 0 saturated heterocycles. The Hall–Kier alpha value is 0.730. The van der Waals surface area contributed by atoms with Crippen LogP contribution in [0.2, 0.25) is 0 Å². The van der Waals surface area contributed by atoms with Crippen molar-refractivity contribution in [2.75, 3.05) is 0 Å². The van der Waals surface area contributed by atoms with Crippen LogP contribution in [-0.2, 0) is 4.79 Å². The third kappa shape index (κ3) is 3.90. The quantitative estimate of drug-likeness (QED) is 0.279. The molecule has 0 amide bonds. The van der Waals surface area contributed by atoms with Crippen LogP contribution in [0, 0.1) is 7.14 Å². The normalized spacial score (nSPS) is 10.5. The van der Waals surface area contributed by atoms with Crippen LogP contribution in [0.4, 0.5) is 0 Å². The minimum atomic E-state index is -0.706. The molecule has 15 heavy (non-hydrogen) atoms. The maximum Gasteiger partial charge on any atom is 0.308 e. The summed E-state index contributed by atoms with van der Waals surface area (Å²) < 4.78 is 6.88. The number of benzene rings is 1. The van der Waals surface area contributed by atoms with Gasteiger partial charge < -0.3 is 4.74 Å². The Bertz CT molecular complexity index is 394. The first kappa shape index (κ1) is 13.8. The molecule has 0 aromatic heterocycles. The molecule has 1 rings (SSSR count). The highest BCUT2D eigenvalue weighted by Gasteiger charge is 2.17. The van der Waals surface area contributed by atoms with Crippen molar-refractivity contribution in [3.05, 3.63) is 24.8 Å². The van der Waals surface area contributed by atoms with E-state index < -0.39 is 4.84 Å². The van der Waals surface area contributed by atoms with Crippen molar-refractivity contribution < 1.29 is 9.53 Å². The zero-order valence-electron chi connectivity index (χ0n) is 7.56. The van der Waals surface area contributed by atoms with Gasteiger partial charge in [-0.2, -0.15) is 0 Å². The third-order valence-corrected chi connectivity index (χ3v) is 3.41. The SMILES string of the molecule is CC(=O)Oc1c(I)cc(I)cc1C(Cl)Cl. The molecule has 0 heterocycles. The Morgan fingerprint density at radius 1 is 1.40 bits per heavy atom. The van der Waals surface area contributed by atoms with Gasteiger partial charge in [-0.3, -0.25) is 4.79 Å². The van der Waals surface area contributed by atoms with E-state index in [9.17, 15) is 4.79 Å². The zero-order chi connectivity index (χ0) is 11.6. The maximum absolute atomic E-state index is 10.9. The summed E-state index contributed by atoms with van der Waals surface area (Å²) in [5, 5.41) is 0. The van der Waals surface area contributed by atoms with Crippen molar-refractivity contribution in [2.24, 2.45) is 0 Å². The lowest BCUT2D eigenvalue weighted by atomic mass is 10.2. The molecular weight excluding hydrogens is 465 g/mol. The van der Waals surface area contributed by atoms with Crippen molar-refractivity contribution in [3.63, 3.8) is 0 Å². The molecule has 0 radical (unpaired) electrons. The highest BCUT2D eigenvalue weighted by atomic mass is 127. The number of alkyl halides is 2. The van der Waals surface area contributed by atoms with Crippen molar-refractivity contribution in [3.8, 4) is 5.75 Å². The average molecular weight is 471 g/mol. The average Bonchev–Trinajstić information content (AvgIpc) is 2.08. The van der Waals surface area contributed by atoms with Crippen molar-refractivity contribution in [1.29, 1.82) is 0 Å². The van der Waals surface area contributed by atoms with Crippen LogP contribution in [-0.4, -0.2) is 5.97 Å². The minimum absolute atomic E-state index is 0.385. The van der Waals surface area contributed by atoms with Gasteiger partial charge in [-0.15, -0.1) is 0 Å². The maximum atomic E-state index is 10.9. The van der Waals surface area contributed by atoms with Crippen molar-refractivity contribution in [1.82, 2.24) is 0 Å². The van der Waals surface area contributed by atoms with E-state index >= 15 is 0 Å². The largest absolute Gasteiger partial charge is 0.425 e. The standard InChI is InChI=1S/C9H6Cl2I2O2/c1-4(14)15-8-6(9(10)11)2-5(12)3-7(8)13/h2-3,9H,1H3. The molecule has 2 nitrogen and oxygen atoms in total. The second-order valence-corrected chi connectivity index (χ2v) is 6.20. The molecule has 0 N–H and O–H groups in total. The molecular formula is C9H6Cl2I2O2. The highest BCUT2D eigenvalue weighted by Crippen LogP contribution is 2.37. The monoisotopic (exact) mass is 470 g/mol. The second-order valence-electron chi connectivity index (χ2n) is 2.70. The number of hydrogen-bond acceptors (Lipinski definition) is 2. The van der Waals surface area contributed by atoms with Gasteiger partial charge >= 0.3 is 5.97 Å². The van der Waals surface area contributed by atoms with Crippen LogP contribution in [0.5, 0.6) is 5.75 Å². The summed E-state index contributed by atoms with van der Waals surface area (Å²) in [6.45, 7) is 1.34. The number of ether oxygens (including phenoxy) is 1. The summed E-state index contributed by atoms with van der Waals surface area (Å²) in [6.07, 6.45) is 0. The van der Waals surface area contributed by atoms with E-state index in [1.54, 1.807) is 6.07 Å². The van der Waals surface area contributed by atoms with Gasteiger partial charge in [0.1, 0.15) is 10.6 Å². The molecule has 82 valence electrons. The number of carbonyl (C=O) groups excluding carboxylic acids is 1. The fraction of sp³-hybridized carbons (Fsp3) is 0.222. The summed E-state index contributed by atoms with van der Waals surface area (Å²) >= 11 is 15.8. The van der Waals surface area contributed by atoms with E-state index in [0.717, 1.165) is 7.14 Å². The summed E-state index contributed by atoms with van der Waals surface area (Å²) in [4.78, 5) is 10.2. The Morgan fingerprint density at radius 2 is 2.00 bits per heavy atom. The van der Waals surface area contributed by atoms with E-state index in [1.165, 1.54) is 6.92 Å². The van der Waals surface area contributed by atoms with Gasteiger partial charge in [0, 0.05) is 16.1 Å². The lowest BCUT2D eigenvalue weighted by molar-refractivity contribution is -0.131. The van der Waals surface area contributed by atoms with Gasteiger partial charge in [-0.05, 0) is 57.3 Å². The Balaban J connectivity index is 3.26. The fourth-order valence-corrected chi connectivity index (χ4v) is 3.32. The van der Waals surface area contributed by atoms with E-state index in [-0.39, 0.29) is 5.97 Å². The van der Waals surface area contributed by atoms with Gasteiger partial charge in [0.2, 0.25) is 0 Å². The molecule has 0 aliphatic carbocycles. The first-order valence-corrected chi connectivity index (χ1v) is 6.90. The summed E-state index contributed by atoms with van der Waals surface area (Å²) in [5.41, 5.74) is 0.616. The molecule has 1 aromatic carbocycles. The van der Waals surface area contributed by atoms with Gasteiger partial charge in [0.15, 0.2) is 0 Å². The van der Waals surface area contributed by atoms with E-state index in [0.29, 0.717) is 11.3 Å². The Kier molecular flexibility index (Phi) is 5.41. The van der Waals surface area contributed by atoms with Gasteiger partial charge in [-0.25, -0.2) is 0 Å². The van der Waals surface area contributed by atoms with Crippen LogP contribution in [0.1, 0.15) is 17.3 Å². The van der Waals surface area contributed by atoms with E-state index in [2.05, 4.69) is 45.2 Å². The van der Waals surface area contributed by atoms with Gasteiger partial charge in [0.25, 0.3) is 0 Å². The molecule has 0 atom stereocenters. The summed E-state index contributed by atoms with van der Waals surface area (Å²) in [6, 6.07) is 3.69. The molecule has 0 aliphatic rings. The lowest BCUT2D eigenvalue weighted by Gasteiger charge is -2.12. The molecule has 1 aromatic rings. The number of rotatable bonds is 2. The molecule has 0 saturated carbocycles. The number of halogens is 4. The summed E-state index contributed by atoms with van der Waals surface area (Å²) in [5.74, 6) is 0.0582. The zero-order valence-corrected chi connectivity index (χ0v) is 13.4. The molecule has 0 bridgehead atoms. The van der Waals surface area contributed by atoms with Crippen molar-refractivity contribution >= 4 is 74.4 Å². The second kappa shape index (κ2) is 5.88. The molecule has 6 heteroatoms. The minimum Gasteiger partial charge on any atom is -0.425 e. The van der Waals surface area contributed by atoms with Crippen LogP contribution in [0.15, 0.2) is 12.1 Å². The predicted molar refractivity (Wildman–Crippen MR) is 77.6 cm³/mol. The van der Waals surface area contributed by atoms with Crippen LogP contribution in [0.25, 0.3) is 0 Å². The van der Waals surface area contributed by atoms with Gasteiger partial charge in [0.05, 0.1) is 3.57 Å². The first-order chi connectivity index (χ1) is 6.91. The van der Waals surface area contributed by atoms with Gasteiger partial charge in [-0.1, -0.05) is 23.2 Å². The third-order valence-electron chi connectivity index (χ3n) is 1.52. The molecule has 0 aliphatic heterocycles. The summed E-state index contributed by atoms with van der Waals surface area (Å²) in [7, 11) is 0. The van der Waals surface area contributed by atoms with E-state index in [1.807, 2.05) is 6.07 Å². The number of esters is 1. The van der Waals surface area contributed by atoms with Crippen LogP contribution >= 0.6 is 68.4 Å². The van der Waals surface area contributed by atoms with Crippen LogP contribution < -0.4 is 4.74 Å². The topological polar surface area (TPSA) is 26.3 Å². The Morgan fingerprint density at radius 3 is 2.47 bits per heavy atom. The molecule has 0 fully saturated rings. The first-order valence-electron chi connectivity index (χ1n) is 3.87. The smallest absolute Gasteiger partial charge is 0.308 e.